The van der Waals surface area contributed by atoms with Crippen LogP contribution in [0, 0.1) is 0 Å². The summed E-state index contributed by atoms with van der Waals surface area (Å²) in [5.41, 5.74) is 1.16. The molecule has 0 fully saturated rings. The van der Waals surface area contributed by atoms with Crippen LogP contribution in [0.15, 0.2) is 15.2 Å². The van der Waals surface area contributed by atoms with Crippen molar-refractivity contribution < 1.29 is 4.79 Å². The number of nitrogens with zero attached hydrogens (tertiary/aromatic N) is 1. The Morgan fingerprint density at radius 3 is 2.93 bits per heavy atom. The smallest absolute Gasteiger partial charge is 0.236 e. The van der Waals surface area contributed by atoms with Crippen molar-refractivity contribution in [2.24, 2.45) is 0 Å². The first-order valence-electron chi connectivity index (χ1n) is 4.25. The molecule has 1 rings (SSSR count). The van der Waals surface area contributed by atoms with E-state index in [0.717, 1.165) is 9.35 Å². The van der Waals surface area contributed by atoms with Crippen molar-refractivity contribution in [2.75, 3.05) is 20.6 Å². The van der Waals surface area contributed by atoms with Crippen LogP contribution >= 0.6 is 27.3 Å². The van der Waals surface area contributed by atoms with Crippen LogP contribution < -0.4 is 5.32 Å². The number of nitrogens with one attached hydrogen (secondary N) is 1. The number of carbonyl (C=O) groups excluding carboxylic acids is 1. The summed E-state index contributed by atoms with van der Waals surface area (Å²) >= 11 is 5.03. The quantitative estimate of drug-likeness (QED) is 0.908. The van der Waals surface area contributed by atoms with Crippen molar-refractivity contribution in [2.45, 2.75) is 6.54 Å². The van der Waals surface area contributed by atoms with Gasteiger partial charge in [-0.05, 0) is 40.0 Å². The first kappa shape index (κ1) is 11.7. The highest BCUT2D eigenvalue weighted by Gasteiger charge is 2.08. The molecule has 78 valence electrons. The highest BCUT2D eigenvalue weighted by atomic mass is 79.9. The van der Waals surface area contributed by atoms with Gasteiger partial charge in [-0.3, -0.25) is 4.79 Å². The van der Waals surface area contributed by atoms with Gasteiger partial charge in [0.1, 0.15) is 0 Å². The largest absolute Gasteiger partial charge is 0.340 e. The molecule has 0 saturated carbocycles. The van der Waals surface area contributed by atoms with E-state index in [9.17, 15) is 4.79 Å². The Kier molecular flexibility index (Phi) is 4.57. The van der Waals surface area contributed by atoms with E-state index in [4.69, 9.17) is 0 Å². The van der Waals surface area contributed by atoms with Crippen LogP contribution in [0.2, 0.25) is 0 Å². The molecule has 14 heavy (non-hydrogen) atoms. The molecule has 1 heterocycles. The first-order valence-corrected chi connectivity index (χ1v) is 5.92. The van der Waals surface area contributed by atoms with E-state index in [1.54, 1.807) is 23.3 Å². The molecule has 0 aromatic carbocycles. The fourth-order valence-corrected chi connectivity index (χ4v) is 2.28. The van der Waals surface area contributed by atoms with E-state index < -0.39 is 0 Å². The lowest BCUT2D eigenvalue weighted by atomic mass is 10.3. The van der Waals surface area contributed by atoms with Crippen molar-refractivity contribution in [1.29, 1.82) is 0 Å². The lowest BCUT2D eigenvalue weighted by Gasteiger charge is -2.15. The first-order chi connectivity index (χ1) is 6.63. The predicted molar refractivity (Wildman–Crippen MR) is 62.4 cm³/mol. The summed E-state index contributed by atoms with van der Waals surface area (Å²) in [4.78, 5) is 13.1. The number of hydrogen-bond acceptors (Lipinski definition) is 3. The lowest BCUT2D eigenvalue weighted by Crippen LogP contribution is -2.33. The van der Waals surface area contributed by atoms with Gasteiger partial charge >= 0.3 is 0 Å². The van der Waals surface area contributed by atoms with Gasteiger partial charge in [-0.1, -0.05) is 0 Å². The van der Waals surface area contributed by atoms with Gasteiger partial charge < -0.3 is 10.2 Å². The van der Waals surface area contributed by atoms with Crippen LogP contribution in [0.5, 0.6) is 0 Å². The minimum atomic E-state index is 0.106. The van der Waals surface area contributed by atoms with Crippen molar-refractivity contribution in [3.8, 4) is 0 Å². The molecule has 0 aliphatic carbocycles. The average molecular weight is 277 g/mol. The molecule has 0 atom stereocenters. The summed E-state index contributed by atoms with van der Waals surface area (Å²) < 4.78 is 1.10. The summed E-state index contributed by atoms with van der Waals surface area (Å²) in [6, 6.07) is 2.04. The lowest BCUT2D eigenvalue weighted by molar-refractivity contribution is -0.129. The van der Waals surface area contributed by atoms with Gasteiger partial charge in [0, 0.05) is 13.6 Å². The molecule has 3 nitrogen and oxygen atoms in total. The summed E-state index contributed by atoms with van der Waals surface area (Å²) in [6.45, 7) is 1.06. The van der Waals surface area contributed by atoms with E-state index in [2.05, 4.69) is 21.2 Å². The van der Waals surface area contributed by atoms with Gasteiger partial charge in [-0.15, -0.1) is 11.3 Å². The topological polar surface area (TPSA) is 32.3 Å². The Bertz CT molecular complexity index is 314. The minimum absolute atomic E-state index is 0.106. The molecule has 0 saturated heterocycles. The van der Waals surface area contributed by atoms with Crippen LogP contribution in [0.3, 0.4) is 0 Å². The monoisotopic (exact) mass is 276 g/mol. The standard InChI is InChI=1S/C9H13BrN2OS/c1-11-4-9(13)12(2)5-7-3-8(10)14-6-7/h3,6,11H,4-5H2,1-2H3. The minimum Gasteiger partial charge on any atom is -0.340 e. The van der Waals surface area contributed by atoms with Crippen molar-refractivity contribution >= 4 is 33.2 Å². The number of carbonyl (C=O) groups is 1. The molecule has 5 heteroatoms. The molecule has 0 unspecified atom stereocenters. The zero-order valence-corrected chi connectivity index (χ0v) is 10.6. The number of halogens is 1. The Hall–Kier alpha value is -0.390. The molecular weight excluding hydrogens is 264 g/mol. The van der Waals surface area contributed by atoms with E-state index in [1.807, 2.05) is 18.5 Å². The third-order valence-electron chi connectivity index (χ3n) is 1.80. The van der Waals surface area contributed by atoms with Gasteiger partial charge in [-0.25, -0.2) is 0 Å². The Balaban J connectivity index is 2.48. The van der Waals surface area contributed by atoms with E-state index in [0.29, 0.717) is 13.1 Å². The second-order valence-electron chi connectivity index (χ2n) is 3.04. The molecular formula is C9H13BrN2OS. The number of amides is 1. The summed E-state index contributed by atoms with van der Waals surface area (Å²) in [7, 11) is 3.58. The molecule has 0 radical (unpaired) electrons. The van der Waals surface area contributed by atoms with Gasteiger partial charge in [0.15, 0.2) is 0 Å². The maximum Gasteiger partial charge on any atom is 0.236 e. The SMILES string of the molecule is CNCC(=O)N(C)Cc1csc(Br)c1. The van der Waals surface area contributed by atoms with Crippen molar-refractivity contribution in [1.82, 2.24) is 10.2 Å². The fraction of sp³-hybridized carbons (Fsp3) is 0.444. The van der Waals surface area contributed by atoms with Gasteiger partial charge in [-0.2, -0.15) is 0 Å². The fourth-order valence-electron chi connectivity index (χ4n) is 1.08. The second kappa shape index (κ2) is 5.48. The van der Waals surface area contributed by atoms with Gasteiger partial charge in [0.25, 0.3) is 0 Å². The maximum atomic E-state index is 11.4. The molecule has 0 spiro atoms. The zero-order chi connectivity index (χ0) is 10.6. The molecule has 0 aliphatic rings. The Morgan fingerprint density at radius 1 is 1.71 bits per heavy atom. The summed E-state index contributed by atoms with van der Waals surface area (Å²) in [6.07, 6.45) is 0. The summed E-state index contributed by atoms with van der Waals surface area (Å²) in [5, 5.41) is 4.89. The number of likely N-dealkylation sites (N-methyl/N-ethyl adjacent to an activating group) is 2. The average Bonchev–Trinajstić information content (AvgIpc) is 2.51. The van der Waals surface area contributed by atoms with Crippen molar-refractivity contribution in [3.63, 3.8) is 0 Å². The maximum absolute atomic E-state index is 11.4. The number of thiophene rings is 1. The normalized spacial score (nSPS) is 10.2. The van der Waals surface area contributed by atoms with Crippen LogP contribution in [0.4, 0.5) is 0 Å². The van der Waals surface area contributed by atoms with Crippen molar-refractivity contribution in [3.05, 3.63) is 20.8 Å². The zero-order valence-electron chi connectivity index (χ0n) is 8.21. The predicted octanol–water partition coefficient (Wildman–Crippen LogP) is 1.69. The van der Waals surface area contributed by atoms with Gasteiger partial charge in [0.2, 0.25) is 5.91 Å². The third-order valence-corrected chi connectivity index (χ3v) is 3.35. The Morgan fingerprint density at radius 2 is 2.43 bits per heavy atom. The Labute approximate surface area is 96.2 Å². The highest BCUT2D eigenvalue weighted by molar-refractivity contribution is 9.11. The van der Waals surface area contributed by atoms with Crippen LogP contribution in [0.1, 0.15) is 5.56 Å². The third kappa shape index (κ3) is 3.40. The number of rotatable bonds is 4. The van der Waals surface area contributed by atoms with Crippen LogP contribution in [-0.4, -0.2) is 31.4 Å². The van der Waals surface area contributed by atoms with E-state index in [1.165, 1.54) is 0 Å². The van der Waals surface area contributed by atoms with Crippen LogP contribution in [0.25, 0.3) is 0 Å². The van der Waals surface area contributed by atoms with E-state index in [-0.39, 0.29) is 5.91 Å². The van der Waals surface area contributed by atoms with Crippen LogP contribution in [-0.2, 0) is 11.3 Å². The molecule has 1 aromatic rings. The van der Waals surface area contributed by atoms with Gasteiger partial charge in [0.05, 0.1) is 10.3 Å². The molecule has 1 aromatic heterocycles. The summed E-state index contributed by atoms with van der Waals surface area (Å²) in [5.74, 6) is 0.106. The second-order valence-corrected chi connectivity index (χ2v) is 5.33. The van der Waals surface area contributed by atoms with E-state index >= 15 is 0 Å². The highest BCUT2D eigenvalue weighted by Crippen LogP contribution is 2.21. The molecule has 1 amide bonds. The number of hydrogen-bond donors (Lipinski definition) is 1. The molecule has 1 N–H and O–H groups in total. The molecule has 0 aliphatic heterocycles. The molecule has 0 bridgehead atoms.